The molecule has 1 rings (SSSR count). The highest BCUT2D eigenvalue weighted by Crippen LogP contribution is 2.20. The first-order valence-corrected chi connectivity index (χ1v) is 6.67. The fourth-order valence-electron chi connectivity index (χ4n) is 1.92. The minimum Gasteiger partial charge on any atom is -0.480 e. The van der Waals surface area contributed by atoms with E-state index < -0.39 is 23.9 Å². The lowest BCUT2D eigenvalue weighted by atomic mass is 10.1. The molecular weight excluding hydrogens is 292 g/mol. The smallest absolute Gasteiger partial charge is 0.337 e. The van der Waals surface area contributed by atoms with E-state index in [0.29, 0.717) is 19.4 Å². The van der Waals surface area contributed by atoms with Crippen LogP contribution in [0.2, 0.25) is 0 Å². The summed E-state index contributed by atoms with van der Waals surface area (Å²) in [6.07, 6.45) is 1.46. The number of carbonyl (C=O) groups is 3. The van der Waals surface area contributed by atoms with Crippen molar-refractivity contribution in [3.05, 3.63) is 29.3 Å². The number of hydrogen-bond donors (Lipinski definition) is 5. The van der Waals surface area contributed by atoms with Gasteiger partial charge in [-0.15, -0.1) is 0 Å². The molecule has 6 N–H and O–H groups in total. The summed E-state index contributed by atoms with van der Waals surface area (Å²) in [4.78, 5) is 33.4. The average Bonchev–Trinajstić information content (AvgIpc) is 2.45. The molecule has 0 aliphatic heterocycles. The molecule has 0 aromatic heterocycles. The lowest BCUT2D eigenvalue weighted by Crippen LogP contribution is -2.30. The summed E-state index contributed by atoms with van der Waals surface area (Å²) in [6, 6.07) is 2.38. The first-order chi connectivity index (χ1) is 10.4. The van der Waals surface area contributed by atoms with Gasteiger partial charge in [-0.1, -0.05) is 0 Å². The molecule has 0 saturated heterocycles. The summed E-state index contributed by atoms with van der Waals surface area (Å²) in [6.45, 7) is 0.432. The van der Waals surface area contributed by atoms with E-state index in [1.807, 2.05) is 0 Å². The molecule has 0 saturated carbocycles. The summed E-state index contributed by atoms with van der Waals surface area (Å²) in [5.41, 5.74) is 5.00. The fraction of sp³-hybridized carbons (Fsp3) is 0.357. The molecular formula is C14H18N2O6. The van der Waals surface area contributed by atoms with Crippen molar-refractivity contribution in [3.8, 4) is 0 Å². The predicted molar refractivity (Wildman–Crippen MR) is 78.3 cm³/mol. The number of benzene rings is 1. The van der Waals surface area contributed by atoms with Gasteiger partial charge in [-0.05, 0) is 44.0 Å². The van der Waals surface area contributed by atoms with Crippen molar-refractivity contribution in [2.45, 2.75) is 25.3 Å². The maximum Gasteiger partial charge on any atom is 0.337 e. The minimum absolute atomic E-state index is 0.0347. The van der Waals surface area contributed by atoms with Crippen molar-refractivity contribution in [2.24, 2.45) is 5.73 Å². The lowest BCUT2D eigenvalue weighted by molar-refractivity contribution is -0.138. The van der Waals surface area contributed by atoms with Gasteiger partial charge < -0.3 is 26.4 Å². The van der Waals surface area contributed by atoms with Gasteiger partial charge in [0.05, 0.1) is 16.8 Å². The number of rotatable bonds is 9. The summed E-state index contributed by atoms with van der Waals surface area (Å²) >= 11 is 0. The molecule has 120 valence electrons. The molecule has 8 heteroatoms. The predicted octanol–water partition coefficient (Wildman–Crippen LogP) is 1.08. The largest absolute Gasteiger partial charge is 0.480 e. The van der Waals surface area contributed by atoms with Gasteiger partial charge in [-0.2, -0.15) is 0 Å². The zero-order valence-electron chi connectivity index (χ0n) is 11.8. The second-order valence-corrected chi connectivity index (χ2v) is 4.69. The maximum absolute atomic E-state index is 11.2. The van der Waals surface area contributed by atoms with Crippen molar-refractivity contribution in [2.75, 3.05) is 11.9 Å². The molecule has 0 radical (unpaired) electrons. The highest BCUT2D eigenvalue weighted by atomic mass is 16.4. The van der Waals surface area contributed by atoms with Crippen molar-refractivity contribution in [1.29, 1.82) is 0 Å². The molecule has 0 heterocycles. The quantitative estimate of drug-likeness (QED) is 0.425. The van der Waals surface area contributed by atoms with Gasteiger partial charge in [0.15, 0.2) is 0 Å². The Morgan fingerprint density at radius 1 is 1.09 bits per heavy atom. The number of anilines is 1. The van der Waals surface area contributed by atoms with E-state index in [1.54, 1.807) is 0 Å². The van der Waals surface area contributed by atoms with Gasteiger partial charge in [0, 0.05) is 0 Å². The van der Waals surface area contributed by atoms with E-state index >= 15 is 0 Å². The summed E-state index contributed by atoms with van der Waals surface area (Å²) in [5, 5.41) is 29.8. The number of carboxylic acid groups (broad SMARTS) is 3. The van der Waals surface area contributed by atoms with Crippen LogP contribution in [0.25, 0.3) is 0 Å². The topological polar surface area (TPSA) is 150 Å². The first kappa shape index (κ1) is 17.4. The van der Waals surface area contributed by atoms with Gasteiger partial charge in [-0.25, -0.2) is 14.4 Å². The summed E-state index contributed by atoms with van der Waals surface area (Å²) in [7, 11) is 0. The molecule has 22 heavy (non-hydrogen) atoms. The van der Waals surface area contributed by atoms with Crippen LogP contribution in [0, 0.1) is 0 Å². The van der Waals surface area contributed by atoms with Gasteiger partial charge in [0.1, 0.15) is 6.04 Å². The maximum atomic E-state index is 11.2. The van der Waals surface area contributed by atoms with E-state index in [0.717, 1.165) is 18.2 Å². The standard InChI is InChI=1S/C14H18N2O6/c15-6-2-1-3-10(14(21)22)16-11-7-8(12(17)18)4-5-9(11)13(19)20/h4-5,7,10,16H,1-3,6,15H2,(H,17,18)(H,19,20)(H,21,22)/t10-/m1/s1. The zero-order chi connectivity index (χ0) is 16.7. The highest BCUT2D eigenvalue weighted by Gasteiger charge is 2.21. The van der Waals surface area contributed by atoms with E-state index in [4.69, 9.17) is 15.9 Å². The van der Waals surface area contributed by atoms with E-state index in [-0.39, 0.29) is 23.2 Å². The van der Waals surface area contributed by atoms with Crippen LogP contribution in [-0.4, -0.2) is 45.8 Å². The Morgan fingerprint density at radius 3 is 2.27 bits per heavy atom. The lowest BCUT2D eigenvalue weighted by Gasteiger charge is -2.17. The van der Waals surface area contributed by atoms with Crippen molar-refractivity contribution < 1.29 is 29.7 Å². The second kappa shape index (κ2) is 7.99. The Kier molecular flexibility index (Phi) is 6.33. The van der Waals surface area contributed by atoms with Crippen LogP contribution in [0.15, 0.2) is 18.2 Å². The van der Waals surface area contributed by atoms with Crippen LogP contribution >= 0.6 is 0 Å². The molecule has 0 fully saturated rings. The van der Waals surface area contributed by atoms with E-state index in [9.17, 15) is 19.5 Å². The van der Waals surface area contributed by atoms with Gasteiger partial charge in [0.2, 0.25) is 0 Å². The van der Waals surface area contributed by atoms with Crippen LogP contribution in [0.3, 0.4) is 0 Å². The van der Waals surface area contributed by atoms with Crippen molar-refractivity contribution in [3.63, 3.8) is 0 Å². The van der Waals surface area contributed by atoms with Gasteiger partial charge in [-0.3, -0.25) is 0 Å². The number of aromatic carboxylic acids is 2. The number of aliphatic carboxylic acids is 1. The second-order valence-electron chi connectivity index (χ2n) is 4.69. The monoisotopic (exact) mass is 310 g/mol. The molecule has 0 bridgehead atoms. The molecule has 1 atom stereocenters. The SMILES string of the molecule is NCCCC[C@@H](Nc1cc(C(=O)O)ccc1C(=O)O)C(=O)O. The summed E-state index contributed by atoms with van der Waals surface area (Å²) in [5.74, 6) is -3.64. The Hall–Kier alpha value is -2.61. The average molecular weight is 310 g/mol. The normalized spacial score (nSPS) is 11.7. The molecule has 0 unspecified atom stereocenters. The van der Waals surface area contributed by atoms with Crippen LogP contribution in [0.1, 0.15) is 40.0 Å². The van der Waals surface area contributed by atoms with Crippen LogP contribution in [0.4, 0.5) is 5.69 Å². The Balaban J connectivity index is 3.04. The number of nitrogens with one attached hydrogen (secondary N) is 1. The third-order valence-electron chi connectivity index (χ3n) is 3.07. The van der Waals surface area contributed by atoms with Crippen LogP contribution < -0.4 is 11.1 Å². The summed E-state index contributed by atoms with van der Waals surface area (Å²) < 4.78 is 0. The molecule has 8 nitrogen and oxygen atoms in total. The van der Waals surface area contributed by atoms with Crippen LogP contribution in [-0.2, 0) is 4.79 Å². The number of carboxylic acids is 3. The third-order valence-corrected chi connectivity index (χ3v) is 3.07. The van der Waals surface area contributed by atoms with E-state index in [2.05, 4.69) is 5.32 Å². The van der Waals surface area contributed by atoms with Crippen molar-refractivity contribution >= 4 is 23.6 Å². The van der Waals surface area contributed by atoms with Gasteiger partial charge >= 0.3 is 17.9 Å². The molecule has 1 aromatic rings. The van der Waals surface area contributed by atoms with E-state index in [1.165, 1.54) is 0 Å². The Bertz CT molecular complexity index is 572. The minimum atomic E-state index is -1.27. The zero-order valence-corrected chi connectivity index (χ0v) is 11.8. The number of unbranched alkanes of at least 4 members (excludes halogenated alkanes) is 1. The fourth-order valence-corrected chi connectivity index (χ4v) is 1.92. The molecule has 0 amide bonds. The Morgan fingerprint density at radius 2 is 1.77 bits per heavy atom. The first-order valence-electron chi connectivity index (χ1n) is 6.67. The molecule has 0 spiro atoms. The molecule has 0 aliphatic carbocycles. The van der Waals surface area contributed by atoms with Gasteiger partial charge in [0.25, 0.3) is 0 Å². The van der Waals surface area contributed by atoms with Crippen molar-refractivity contribution in [1.82, 2.24) is 0 Å². The van der Waals surface area contributed by atoms with Crippen LogP contribution in [0.5, 0.6) is 0 Å². The number of hydrogen-bond acceptors (Lipinski definition) is 5. The number of nitrogens with two attached hydrogens (primary N) is 1. The highest BCUT2D eigenvalue weighted by molar-refractivity contribution is 5.98. The molecule has 1 aromatic carbocycles. The molecule has 0 aliphatic rings. The third kappa shape index (κ3) is 4.74. The Labute approximate surface area is 126 Å².